The van der Waals surface area contributed by atoms with Crippen molar-refractivity contribution in [3.05, 3.63) is 11.4 Å². The number of ether oxygens (including phenoxy) is 1. The van der Waals surface area contributed by atoms with Crippen LogP contribution in [0.2, 0.25) is 0 Å². The summed E-state index contributed by atoms with van der Waals surface area (Å²) in [7, 11) is 1.69. The zero-order valence-electron chi connectivity index (χ0n) is 10.2. The minimum absolute atomic E-state index is 0.339. The van der Waals surface area contributed by atoms with Crippen LogP contribution >= 0.6 is 0 Å². The molecule has 1 aliphatic carbocycles. The predicted octanol–water partition coefficient (Wildman–Crippen LogP) is 1.65. The maximum absolute atomic E-state index is 8.79. The van der Waals surface area contributed by atoms with Crippen LogP contribution in [0.15, 0.2) is 0 Å². The summed E-state index contributed by atoms with van der Waals surface area (Å²) < 4.78 is 7.14. The highest BCUT2D eigenvalue weighted by Gasteiger charge is 2.22. The number of hydrogen-bond acceptors (Lipinski definition) is 4. The van der Waals surface area contributed by atoms with Gasteiger partial charge in [-0.25, -0.2) is 4.68 Å². The van der Waals surface area contributed by atoms with E-state index in [9.17, 15) is 0 Å². The number of nitriles is 1. The van der Waals surface area contributed by atoms with Gasteiger partial charge in [0.1, 0.15) is 5.69 Å². The van der Waals surface area contributed by atoms with Crippen molar-refractivity contribution in [1.82, 2.24) is 15.0 Å². The van der Waals surface area contributed by atoms with Crippen LogP contribution in [0, 0.1) is 11.3 Å². The van der Waals surface area contributed by atoms with Crippen molar-refractivity contribution in [3.8, 4) is 6.07 Å². The van der Waals surface area contributed by atoms with Gasteiger partial charge >= 0.3 is 0 Å². The first-order valence-corrected chi connectivity index (χ1v) is 6.15. The van der Waals surface area contributed by atoms with Crippen LogP contribution in [-0.4, -0.2) is 28.7 Å². The highest BCUT2D eigenvalue weighted by molar-refractivity contribution is 5.15. The van der Waals surface area contributed by atoms with E-state index in [1.165, 1.54) is 25.7 Å². The number of aromatic nitrogens is 3. The van der Waals surface area contributed by atoms with E-state index in [4.69, 9.17) is 10.00 Å². The van der Waals surface area contributed by atoms with E-state index in [1.807, 2.05) is 4.68 Å². The molecular weight excluding hydrogens is 216 g/mol. The molecule has 0 N–H and O–H groups in total. The van der Waals surface area contributed by atoms with Crippen LogP contribution in [0.25, 0.3) is 0 Å². The van der Waals surface area contributed by atoms with Crippen molar-refractivity contribution in [3.63, 3.8) is 0 Å². The topological polar surface area (TPSA) is 63.7 Å². The van der Waals surface area contributed by atoms with Crippen LogP contribution < -0.4 is 0 Å². The van der Waals surface area contributed by atoms with Crippen LogP contribution in [0.3, 0.4) is 0 Å². The third-order valence-electron chi connectivity index (χ3n) is 3.33. The van der Waals surface area contributed by atoms with E-state index in [2.05, 4.69) is 16.4 Å². The summed E-state index contributed by atoms with van der Waals surface area (Å²) >= 11 is 0. The second-order valence-corrected chi connectivity index (χ2v) is 4.44. The smallest absolute Gasteiger partial charge is 0.100 e. The van der Waals surface area contributed by atoms with E-state index >= 15 is 0 Å². The van der Waals surface area contributed by atoms with Gasteiger partial charge in [0.25, 0.3) is 0 Å². The Balaban J connectivity index is 2.21. The highest BCUT2D eigenvalue weighted by Crippen LogP contribution is 2.30. The molecule has 0 radical (unpaired) electrons. The molecule has 1 aromatic rings. The summed E-state index contributed by atoms with van der Waals surface area (Å²) in [5.74, 6) is 0. The summed E-state index contributed by atoms with van der Waals surface area (Å²) in [4.78, 5) is 0. The van der Waals surface area contributed by atoms with E-state index in [0.717, 1.165) is 17.8 Å². The Kier molecular flexibility index (Phi) is 4.10. The summed E-state index contributed by atoms with van der Waals surface area (Å²) in [6, 6.07) is 2.62. The summed E-state index contributed by atoms with van der Waals surface area (Å²) in [6.07, 6.45) is 6.01. The molecule has 5 nitrogen and oxygen atoms in total. The molecule has 1 heterocycles. The van der Waals surface area contributed by atoms with Gasteiger partial charge in [-0.15, -0.1) is 5.10 Å². The van der Waals surface area contributed by atoms with Gasteiger partial charge in [0.2, 0.25) is 0 Å². The minimum atomic E-state index is 0.339. The SMILES string of the molecule is COCCc1c(CC#N)nnn1C1CCCC1. The van der Waals surface area contributed by atoms with Gasteiger partial charge in [-0.05, 0) is 12.8 Å². The molecule has 5 heteroatoms. The number of methoxy groups -OCH3 is 1. The Morgan fingerprint density at radius 2 is 2.24 bits per heavy atom. The highest BCUT2D eigenvalue weighted by atomic mass is 16.5. The van der Waals surface area contributed by atoms with E-state index in [0.29, 0.717) is 19.1 Å². The normalized spacial score (nSPS) is 16.2. The van der Waals surface area contributed by atoms with Crippen molar-refractivity contribution in [2.45, 2.75) is 44.6 Å². The molecule has 1 saturated carbocycles. The molecule has 0 aliphatic heterocycles. The van der Waals surface area contributed by atoms with Gasteiger partial charge < -0.3 is 4.74 Å². The second kappa shape index (κ2) is 5.78. The van der Waals surface area contributed by atoms with Gasteiger partial charge in [-0.2, -0.15) is 5.26 Å². The van der Waals surface area contributed by atoms with Crippen LogP contribution in [-0.2, 0) is 17.6 Å². The molecule has 17 heavy (non-hydrogen) atoms. The lowest BCUT2D eigenvalue weighted by atomic mass is 10.2. The van der Waals surface area contributed by atoms with Crippen molar-refractivity contribution in [2.24, 2.45) is 0 Å². The maximum Gasteiger partial charge on any atom is 0.100 e. The monoisotopic (exact) mass is 234 g/mol. The van der Waals surface area contributed by atoms with Crippen molar-refractivity contribution in [1.29, 1.82) is 5.26 Å². The van der Waals surface area contributed by atoms with Crippen molar-refractivity contribution in [2.75, 3.05) is 13.7 Å². The zero-order valence-corrected chi connectivity index (χ0v) is 10.2. The van der Waals surface area contributed by atoms with Crippen molar-refractivity contribution < 1.29 is 4.74 Å². The first-order chi connectivity index (χ1) is 8.36. The quantitative estimate of drug-likeness (QED) is 0.777. The fourth-order valence-electron chi connectivity index (χ4n) is 2.46. The fraction of sp³-hybridized carbons (Fsp3) is 0.750. The lowest BCUT2D eigenvalue weighted by Crippen LogP contribution is -2.13. The zero-order chi connectivity index (χ0) is 12.1. The third-order valence-corrected chi connectivity index (χ3v) is 3.33. The van der Waals surface area contributed by atoms with Crippen LogP contribution in [0.1, 0.15) is 43.1 Å². The molecule has 0 bridgehead atoms. The molecule has 0 spiro atoms. The Bertz CT molecular complexity index is 401. The van der Waals surface area contributed by atoms with Gasteiger partial charge in [-0.3, -0.25) is 0 Å². The Hall–Kier alpha value is -1.41. The Morgan fingerprint density at radius 3 is 2.88 bits per heavy atom. The molecular formula is C12H18N4O. The lowest BCUT2D eigenvalue weighted by Gasteiger charge is -2.13. The molecule has 0 aromatic carbocycles. The molecule has 1 aromatic heterocycles. The minimum Gasteiger partial charge on any atom is -0.384 e. The number of rotatable bonds is 5. The average Bonchev–Trinajstić information content (AvgIpc) is 2.95. The summed E-state index contributed by atoms with van der Waals surface area (Å²) in [5, 5.41) is 17.2. The van der Waals surface area contributed by atoms with Gasteiger partial charge in [0.15, 0.2) is 0 Å². The van der Waals surface area contributed by atoms with Crippen molar-refractivity contribution >= 4 is 0 Å². The number of hydrogen-bond donors (Lipinski definition) is 0. The van der Waals surface area contributed by atoms with Gasteiger partial charge in [-0.1, -0.05) is 18.1 Å². The molecule has 0 amide bonds. The molecule has 0 saturated heterocycles. The van der Waals surface area contributed by atoms with Gasteiger partial charge in [0.05, 0.1) is 30.8 Å². The molecule has 0 atom stereocenters. The first kappa shape index (κ1) is 12.1. The fourth-order valence-corrected chi connectivity index (χ4v) is 2.46. The summed E-state index contributed by atoms with van der Waals surface area (Å²) in [6.45, 7) is 0.651. The standard InChI is InChI=1S/C12H18N4O/c1-17-9-7-12-11(6-8-13)14-15-16(12)10-4-2-3-5-10/h10H,2-7,9H2,1H3. The van der Waals surface area contributed by atoms with Crippen LogP contribution in [0.4, 0.5) is 0 Å². The number of nitrogens with zero attached hydrogens (tertiary/aromatic N) is 4. The third kappa shape index (κ3) is 2.64. The van der Waals surface area contributed by atoms with Gasteiger partial charge in [0, 0.05) is 13.5 Å². The van der Waals surface area contributed by atoms with E-state index in [1.54, 1.807) is 7.11 Å². The molecule has 1 fully saturated rings. The Labute approximate surface area is 101 Å². The largest absolute Gasteiger partial charge is 0.384 e. The molecule has 0 unspecified atom stereocenters. The maximum atomic E-state index is 8.79. The lowest BCUT2D eigenvalue weighted by molar-refractivity contribution is 0.199. The summed E-state index contributed by atoms with van der Waals surface area (Å²) in [5.41, 5.74) is 1.90. The molecule has 2 rings (SSSR count). The average molecular weight is 234 g/mol. The Morgan fingerprint density at radius 1 is 1.47 bits per heavy atom. The van der Waals surface area contributed by atoms with E-state index in [-0.39, 0.29) is 0 Å². The second-order valence-electron chi connectivity index (χ2n) is 4.44. The molecule has 92 valence electrons. The predicted molar refractivity (Wildman–Crippen MR) is 62.4 cm³/mol. The van der Waals surface area contributed by atoms with Crippen LogP contribution in [0.5, 0.6) is 0 Å². The first-order valence-electron chi connectivity index (χ1n) is 6.15. The molecule has 1 aliphatic rings. The van der Waals surface area contributed by atoms with E-state index < -0.39 is 0 Å².